The number of thioether (sulfide) groups is 1. The van der Waals surface area contributed by atoms with Gasteiger partial charge in [-0.1, -0.05) is 23.4 Å². The number of nitrogens with zero attached hydrogens (tertiary/aromatic N) is 3. The number of halogens is 1. The number of methoxy groups -OCH3 is 3. The van der Waals surface area contributed by atoms with E-state index in [0.717, 1.165) is 24.8 Å². The van der Waals surface area contributed by atoms with Crippen LogP contribution in [0.2, 0.25) is 5.02 Å². The first-order valence-corrected chi connectivity index (χ1v) is 14.2. The summed E-state index contributed by atoms with van der Waals surface area (Å²) in [6, 6.07) is 10.5. The average Bonchev–Trinajstić information content (AvgIpc) is 3.53. The Hall–Kier alpha value is -3.54. The van der Waals surface area contributed by atoms with Crippen molar-refractivity contribution in [3.63, 3.8) is 0 Å². The van der Waals surface area contributed by atoms with E-state index in [1.807, 2.05) is 0 Å². The first-order chi connectivity index (χ1) is 18.9. The molecule has 9 nitrogen and oxygen atoms in total. The molecular weight excluding hydrogens is 560 g/mol. The number of carbonyl (C=O) groups excluding carboxylic acids is 1. The van der Waals surface area contributed by atoms with Crippen LogP contribution >= 0.6 is 34.7 Å². The van der Waals surface area contributed by atoms with Crippen LogP contribution in [0.3, 0.4) is 0 Å². The molecule has 1 aliphatic carbocycles. The molecule has 5 rings (SSSR count). The van der Waals surface area contributed by atoms with Crippen LogP contribution in [0.15, 0.2) is 51.5 Å². The second kappa shape index (κ2) is 11.7. The van der Waals surface area contributed by atoms with Crippen LogP contribution in [0.5, 0.6) is 17.2 Å². The number of rotatable bonds is 9. The van der Waals surface area contributed by atoms with Crippen LogP contribution in [-0.4, -0.2) is 48.8 Å². The van der Waals surface area contributed by atoms with Gasteiger partial charge in [0.1, 0.15) is 4.83 Å². The third-order valence-corrected chi connectivity index (χ3v) is 8.63. The number of hydrogen-bond donors (Lipinski definition) is 1. The minimum absolute atomic E-state index is 0.00294. The van der Waals surface area contributed by atoms with Crippen LogP contribution in [0.25, 0.3) is 15.9 Å². The fourth-order valence-electron chi connectivity index (χ4n) is 4.50. The molecule has 2 heterocycles. The molecule has 0 saturated carbocycles. The number of benzene rings is 2. The molecule has 1 aliphatic rings. The van der Waals surface area contributed by atoms with E-state index in [1.165, 1.54) is 44.2 Å². The minimum atomic E-state index is -0.360. The number of hydrazone groups is 1. The molecular formula is C27H25ClN4O5S2. The van der Waals surface area contributed by atoms with E-state index in [-0.39, 0.29) is 17.2 Å². The van der Waals surface area contributed by atoms with Crippen LogP contribution in [0, 0.1) is 0 Å². The topological polar surface area (TPSA) is 104 Å². The summed E-state index contributed by atoms with van der Waals surface area (Å²) in [5.74, 6) is 1.00. The van der Waals surface area contributed by atoms with Gasteiger partial charge in [0.05, 0.1) is 44.4 Å². The normalized spacial score (nSPS) is 12.6. The molecule has 2 aromatic carbocycles. The zero-order chi connectivity index (χ0) is 27.5. The standard InChI is InChI=1S/C27H25ClN4O5S2/c1-35-19-12-7-15(23(36-2)24(19)37-3)13-29-31-21(33)14-38-27-30-25-22(18-5-4-6-20(18)39-25)26(34)32(27)17-10-8-16(28)9-11-17/h7-13H,4-6,14H2,1-3H3,(H,31,33). The van der Waals surface area contributed by atoms with Gasteiger partial charge in [-0.05, 0) is 61.2 Å². The molecule has 0 spiro atoms. The number of thiophene rings is 1. The number of fused-ring (bicyclic) bond motifs is 3. The highest BCUT2D eigenvalue weighted by Gasteiger charge is 2.24. The van der Waals surface area contributed by atoms with Crippen molar-refractivity contribution in [3.8, 4) is 22.9 Å². The Labute approximate surface area is 237 Å². The molecule has 202 valence electrons. The van der Waals surface area contributed by atoms with E-state index >= 15 is 0 Å². The summed E-state index contributed by atoms with van der Waals surface area (Å²) in [7, 11) is 4.56. The Kier molecular flexibility index (Phi) is 8.10. The van der Waals surface area contributed by atoms with Gasteiger partial charge in [-0.25, -0.2) is 10.4 Å². The predicted molar refractivity (Wildman–Crippen MR) is 155 cm³/mol. The lowest BCUT2D eigenvalue weighted by molar-refractivity contribution is -0.118. The Morgan fingerprint density at radius 2 is 1.90 bits per heavy atom. The minimum Gasteiger partial charge on any atom is -0.493 e. The largest absolute Gasteiger partial charge is 0.493 e. The maximum absolute atomic E-state index is 13.7. The molecule has 2 aromatic heterocycles. The van der Waals surface area contributed by atoms with Crippen molar-refractivity contribution in [2.45, 2.75) is 24.4 Å². The molecule has 0 atom stereocenters. The maximum atomic E-state index is 13.7. The fraction of sp³-hybridized carbons (Fsp3) is 0.259. The van der Waals surface area contributed by atoms with Gasteiger partial charge >= 0.3 is 0 Å². The van der Waals surface area contributed by atoms with Crippen molar-refractivity contribution in [1.82, 2.24) is 15.0 Å². The highest BCUT2D eigenvalue weighted by Crippen LogP contribution is 2.39. The van der Waals surface area contributed by atoms with Crippen molar-refractivity contribution in [2.75, 3.05) is 27.1 Å². The van der Waals surface area contributed by atoms with E-state index in [9.17, 15) is 9.59 Å². The van der Waals surface area contributed by atoms with E-state index in [0.29, 0.717) is 48.9 Å². The molecule has 0 bridgehead atoms. The van der Waals surface area contributed by atoms with Crippen LogP contribution in [-0.2, 0) is 17.6 Å². The Bertz CT molecular complexity index is 1630. The Morgan fingerprint density at radius 1 is 1.13 bits per heavy atom. The molecule has 1 amide bonds. The van der Waals surface area contributed by atoms with Gasteiger partial charge < -0.3 is 14.2 Å². The molecule has 39 heavy (non-hydrogen) atoms. The third kappa shape index (κ3) is 5.34. The van der Waals surface area contributed by atoms with Crippen molar-refractivity contribution in [1.29, 1.82) is 0 Å². The zero-order valence-corrected chi connectivity index (χ0v) is 23.8. The summed E-state index contributed by atoms with van der Waals surface area (Å²) in [6.07, 6.45) is 4.35. The first-order valence-electron chi connectivity index (χ1n) is 12.0. The smallest absolute Gasteiger partial charge is 0.267 e. The van der Waals surface area contributed by atoms with Gasteiger partial charge in [0.2, 0.25) is 5.75 Å². The number of nitrogens with one attached hydrogen (secondary N) is 1. The maximum Gasteiger partial charge on any atom is 0.267 e. The second-order valence-corrected chi connectivity index (χ2v) is 11.0. The third-order valence-electron chi connectivity index (χ3n) is 6.25. The lowest BCUT2D eigenvalue weighted by atomic mass is 10.2. The fourth-order valence-corrected chi connectivity index (χ4v) is 6.74. The SMILES string of the molecule is COc1ccc(C=NNC(=O)CSc2nc3sc4c(c3c(=O)n2-c2ccc(Cl)cc2)CCC4)c(OC)c1OC. The Morgan fingerprint density at radius 3 is 2.62 bits per heavy atom. The van der Waals surface area contributed by atoms with Crippen molar-refractivity contribution < 1.29 is 19.0 Å². The lowest BCUT2D eigenvalue weighted by Gasteiger charge is -2.13. The van der Waals surface area contributed by atoms with Crippen LogP contribution in [0.4, 0.5) is 0 Å². The lowest BCUT2D eigenvalue weighted by Crippen LogP contribution is -2.24. The zero-order valence-electron chi connectivity index (χ0n) is 21.4. The van der Waals surface area contributed by atoms with Crippen LogP contribution < -0.4 is 25.2 Å². The number of ether oxygens (including phenoxy) is 3. The Balaban J connectivity index is 1.38. The monoisotopic (exact) mass is 584 g/mol. The van der Waals surface area contributed by atoms with Crippen molar-refractivity contribution in [3.05, 3.63) is 67.8 Å². The highest BCUT2D eigenvalue weighted by molar-refractivity contribution is 7.99. The summed E-state index contributed by atoms with van der Waals surface area (Å²) in [5.41, 5.74) is 4.72. The van der Waals surface area contributed by atoms with Gasteiger partial charge in [-0.15, -0.1) is 11.3 Å². The van der Waals surface area contributed by atoms with Gasteiger partial charge in [0.25, 0.3) is 11.5 Å². The highest BCUT2D eigenvalue weighted by atomic mass is 35.5. The van der Waals surface area contributed by atoms with E-state index < -0.39 is 0 Å². The molecule has 0 fully saturated rings. The van der Waals surface area contributed by atoms with Gasteiger partial charge in [0.15, 0.2) is 16.7 Å². The summed E-state index contributed by atoms with van der Waals surface area (Å²) in [4.78, 5) is 33.1. The number of aromatic nitrogens is 2. The number of carbonyl (C=O) groups is 1. The average molecular weight is 585 g/mol. The quantitative estimate of drug-likeness (QED) is 0.130. The number of hydrogen-bond acceptors (Lipinski definition) is 9. The second-order valence-electron chi connectivity index (χ2n) is 8.55. The summed E-state index contributed by atoms with van der Waals surface area (Å²) < 4.78 is 17.7. The van der Waals surface area contributed by atoms with E-state index in [2.05, 4.69) is 10.5 Å². The van der Waals surface area contributed by atoms with Gasteiger partial charge in [0, 0.05) is 15.5 Å². The van der Waals surface area contributed by atoms with Crippen molar-refractivity contribution >= 4 is 57.0 Å². The van der Waals surface area contributed by atoms with Crippen LogP contribution in [0.1, 0.15) is 22.4 Å². The first kappa shape index (κ1) is 27.0. The number of aryl methyl sites for hydroxylation is 2. The summed E-state index contributed by atoms with van der Waals surface area (Å²) in [5, 5.41) is 5.73. The molecule has 12 heteroatoms. The molecule has 4 aromatic rings. The van der Waals surface area contributed by atoms with E-state index in [1.54, 1.807) is 52.3 Å². The summed E-state index contributed by atoms with van der Waals surface area (Å²) in [6.45, 7) is 0. The van der Waals surface area contributed by atoms with E-state index in [4.69, 9.17) is 30.8 Å². The predicted octanol–water partition coefficient (Wildman–Crippen LogP) is 4.86. The molecule has 0 radical (unpaired) electrons. The molecule has 0 aliphatic heterocycles. The number of amides is 1. The van der Waals surface area contributed by atoms with Gasteiger partial charge in [-0.3, -0.25) is 14.2 Å². The molecule has 0 unspecified atom stereocenters. The van der Waals surface area contributed by atoms with Crippen molar-refractivity contribution in [2.24, 2.45) is 5.10 Å². The summed E-state index contributed by atoms with van der Waals surface area (Å²) >= 11 is 8.81. The van der Waals surface area contributed by atoms with Gasteiger partial charge in [-0.2, -0.15) is 5.10 Å². The molecule has 1 N–H and O–H groups in total. The molecule has 0 saturated heterocycles.